The molecule has 1 fully saturated rings. The van der Waals surface area contributed by atoms with Crippen LogP contribution in [0.1, 0.15) is 34.0 Å². The van der Waals surface area contributed by atoms with E-state index in [1.807, 2.05) is 19.9 Å². The van der Waals surface area contributed by atoms with Crippen LogP contribution in [0.2, 0.25) is 0 Å². The first kappa shape index (κ1) is 19.8. The molecule has 5 nitrogen and oxygen atoms in total. The zero-order chi connectivity index (χ0) is 19.3. The van der Waals surface area contributed by atoms with Gasteiger partial charge in [-0.2, -0.15) is 0 Å². The summed E-state index contributed by atoms with van der Waals surface area (Å²) in [4.78, 5) is 10.0. The van der Waals surface area contributed by atoms with Gasteiger partial charge in [0, 0.05) is 37.1 Å². The molecule has 2 heterocycles. The lowest BCUT2D eigenvalue weighted by Gasteiger charge is -2.38. The Kier molecular flexibility index (Phi) is 6.44. The van der Waals surface area contributed by atoms with Crippen LogP contribution < -0.4 is 10.6 Å². The summed E-state index contributed by atoms with van der Waals surface area (Å²) in [6, 6.07) is 6.93. The smallest absolute Gasteiger partial charge is 0.191 e. The second kappa shape index (κ2) is 8.80. The van der Waals surface area contributed by atoms with Crippen LogP contribution in [-0.4, -0.2) is 37.7 Å². The fraction of sp³-hybridized carbons (Fsp3) is 0.500. The second-order valence-corrected chi connectivity index (χ2v) is 8.21. The molecule has 1 aromatic heterocycles. The van der Waals surface area contributed by atoms with Gasteiger partial charge in [-0.3, -0.25) is 4.99 Å². The van der Waals surface area contributed by atoms with Gasteiger partial charge in [-0.25, -0.2) is 9.37 Å². The molecule has 1 aliphatic rings. The molecule has 0 spiro atoms. The number of nitrogens with zero attached hydrogens (tertiary/aromatic N) is 2. The number of aliphatic imine (C=N–C) groups is 1. The average Bonchev–Trinajstić information content (AvgIpc) is 3.00. The van der Waals surface area contributed by atoms with Gasteiger partial charge >= 0.3 is 0 Å². The summed E-state index contributed by atoms with van der Waals surface area (Å²) in [5.41, 5.74) is 1.92. The number of nitrogens with one attached hydrogen (secondary N) is 2. The third-order valence-electron chi connectivity index (χ3n) is 5.12. The summed E-state index contributed by atoms with van der Waals surface area (Å²) in [7, 11) is 1.76. The molecular formula is C20H27FN4OS. The molecule has 27 heavy (non-hydrogen) atoms. The van der Waals surface area contributed by atoms with Crippen LogP contribution in [0, 0.1) is 19.7 Å². The number of halogens is 1. The van der Waals surface area contributed by atoms with Crippen molar-refractivity contribution in [3.63, 3.8) is 0 Å². The van der Waals surface area contributed by atoms with Crippen LogP contribution >= 0.6 is 11.3 Å². The van der Waals surface area contributed by atoms with Crippen LogP contribution in [0.25, 0.3) is 0 Å². The predicted octanol–water partition coefficient (Wildman–Crippen LogP) is 3.31. The van der Waals surface area contributed by atoms with Gasteiger partial charge in [0.2, 0.25) is 0 Å². The number of ether oxygens (including phenoxy) is 1. The highest BCUT2D eigenvalue weighted by Crippen LogP contribution is 2.34. The summed E-state index contributed by atoms with van der Waals surface area (Å²) in [6.07, 6.45) is 1.71. The largest absolute Gasteiger partial charge is 0.381 e. The van der Waals surface area contributed by atoms with Crippen molar-refractivity contribution in [3.05, 3.63) is 51.2 Å². The summed E-state index contributed by atoms with van der Waals surface area (Å²) < 4.78 is 19.4. The number of guanidine groups is 1. The van der Waals surface area contributed by atoms with Crippen LogP contribution in [0.5, 0.6) is 0 Å². The average molecular weight is 391 g/mol. The lowest BCUT2D eigenvalue weighted by atomic mass is 9.74. The highest BCUT2D eigenvalue weighted by atomic mass is 32.1. The quantitative estimate of drug-likeness (QED) is 0.607. The Balaban J connectivity index is 1.67. The third-order valence-corrected chi connectivity index (χ3v) is 6.19. The first-order chi connectivity index (χ1) is 13.0. The van der Waals surface area contributed by atoms with Crippen molar-refractivity contribution in [2.75, 3.05) is 26.8 Å². The number of thiazole rings is 1. The molecule has 1 aliphatic heterocycles. The molecule has 7 heteroatoms. The Morgan fingerprint density at radius 2 is 2.07 bits per heavy atom. The number of hydrogen-bond donors (Lipinski definition) is 2. The Hall–Kier alpha value is -1.99. The molecule has 2 aromatic rings. The van der Waals surface area contributed by atoms with Gasteiger partial charge in [0.15, 0.2) is 5.96 Å². The summed E-state index contributed by atoms with van der Waals surface area (Å²) >= 11 is 1.70. The van der Waals surface area contributed by atoms with E-state index in [0.29, 0.717) is 26.3 Å². The van der Waals surface area contributed by atoms with E-state index in [1.165, 1.54) is 10.9 Å². The number of aromatic nitrogens is 1. The topological polar surface area (TPSA) is 58.5 Å². The Bertz CT molecular complexity index is 799. The molecule has 2 N–H and O–H groups in total. The zero-order valence-corrected chi connectivity index (χ0v) is 17.0. The van der Waals surface area contributed by atoms with Crippen molar-refractivity contribution >= 4 is 17.3 Å². The molecule has 0 amide bonds. The van der Waals surface area contributed by atoms with Crippen molar-refractivity contribution < 1.29 is 9.13 Å². The first-order valence-electron chi connectivity index (χ1n) is 9.24. The van der Waals surface area contributed by atoms with Crippen LogP contribution in [0.15, 0.2) is 29.3 Å². The van der Waals surface area contributed by atoms with E-state index in [4.69, 9.17) is 4.74 Å². The summed E-state index contributed by atoms with van der Waals surface area (Å²) in [5.74, 6) is 0.541. The molecule has 1 aromatic carbocycles. The lowest BCUT2D eigenvalue weighted by molar-refractivity contribution is 0.0513. The highest BCUT2D eigenvalue weighted by Gasteiger charge is 2.35. The van der Waals surface area contributed by atoms with Crippen molar-refractivity contribution in [1.82, 2.24) is 15.6 Å². The summed E-state index contributed by atoms with van der Waals surface area (Å²) in [5, 5.41) is 7.87. The van der Waals surface area contributed by atoms with Gasteiger partial charge in [0.25, 0.3) is 0 Å². The van der Waals surface area contributed by atoms with Crippen molar-refractivity contribution in [1.29, 1.82) is 0 Å². The molecule has 0 radical (unpaired) electrons. The second-order valence-electron chi connectivity index (χ2n) is 6.92. The fourth-order valence-electron chi connectivity index (χ4n) is 3.52. The van der Waals surface area contributed by atoms with Gasteiger partial charge in [-0.15, -0.1) is 11.3 Å². The lowest BCUT2D eigenvalue weighted by Crippen LogP contribution is -2.48. The standard InChI is InChI=1S/C20H27FN4OS/c1-14-18(27-15(2)25-14)12-23-19(22-3)24-13-20(7-9-26-10-8-20)16-5-4-6-17(21)11-16/h4-6,11H,7-10,12-13H2,1-3H3,(H2,22,23,24). The van der Waals surface area contributed by atoms with Gasteiger partial charge in [-0.1, -0.05) is 12.1 Å². The Labute approximate surface area is 164 Å². The maximum Gasteiger partial charge on any atom is 0.191 e. The Morgan fingerprint density at radius 3 is 2.70 bits per heavy atom. The minimum absolute atomic E-state index is 0.158. The van der Waals surface area contributed by atoms with Gasteiger partial charge in [0.05, 0.1) is 17.2 Å². The predicted molar refractivity (Wildman–Crippen MR) is 108 cm³/mol. The monoisotopic (exact) mass is 390 g/mol. The molecule has 1 saturated heterocycles. The van der Waals surface area contributed by atoms with E-state index in [-0.39, 0.29) is 11.2 Å². The summed E-state index contributed by atoms with van der Waals surface area (Å²) in [6.45, 7) is 6.78. The molecule has 0 aliphatic carbocycles. The zero-order valence-electron chi connectivity index (χ0n) is 16.1. The van der Waals surface area contributed by atoms with Crippen LogP contribution in [0.4, 0.5) is 4.39 Å². The van der Waals surface area contributed by atoms with E-state index in [2.05, 4.69) is 20.6 Å². The number of aryl methyl sites for hydroxylation is 2. The normalized spacial score (nSPS) is 17.0. The van der Waals surface area contributed by atoms with E-state index in [1.54, 1.807) is 30.5 Å². The van der Waals surface area contributed by atoms with E-state index < -0.39 is 0 Å². The number of benzene rings is 1. The molecule has 0 atom stereocenters. The minimum atomic E-state index is -0.197. The van der Waals surface area contributed by atoms with Crippen LogP contribution in [-0.2, 0) is 16.7 Å². The van der Waals surface area contributed by atoms with Gasteiger partial charge in [0.1, 0.15) is 5.82 Å². The maximum absolute atomic E-state index is 13.8. The minimum Gasteiger partial charge on any atom is -0.381 e. The third kappa shape index (κ3) is 4.84. The molecule has 0 bridgehead atoms. The maximum atomic E-state index is 13.8. The molecule has 146 valence electrons. The number of rotatable bonds is 5. The van der Waals surface area contributed by atoms with E-state index in [9.17, 15) is 4.39 Å². The van der Waals surface area contributed by atoms with Gasteiger partial charge < -0.3 is 15.4 Å². The van der Waals surface area contributed by atoms with E-state index in [0.717, 1.165) is 35.1 Å². The van der Waals surface area contributed by atoms with Crippen molar-refractivity contribution in [2.24, 2.45) is 4.99 Å². The molecule has 0 saturated carbocycles. The van der Waals surface area contributed by atoms with Crippen LogP contribution in [0.3, 0.4) is 0 Å². The molecule has 0 unspecified atom stereocenters. The highest BCUT2D eigenvalue weighted by molar-refractivity contribution is 7.11. The van der Waals surface area contributed by atoms with Crippen molar-refractivity contribution in [3.8, 4) is 0 Å². The Morgan fingerprint density at radius 1 is 1.30 bits per heavy atom. The van der Waals surface area contributed by atoms with Crippen molar-refractivity contribution in [2.45, 2.75) is 38.6 Å². The van der Waals surface area contributed by atoms with Gasteiger partial charge in [-0.05, 0) is 44.4 Å². The number of hydrogen-bond acceptors (Lipinski definition) is 4. The SMILES string of the molecule is CN=C(NCc1sc(C)nc1C)NCC1(c2cccc(F)c2)CCOCC1. The first-order valence-corrected chi connectivity index (χ1v) is 10.1. The molecule has 3 rings (SSSR count). The fourth-order valence-corrected chi connectivity index (χ4v) is 4.40. The molecular weight excluding hydrogens is 363 g/mol. The van der Waals surface area contributed by atoms with E-state index >= 15 is 0 Å².